The van der Waals surface area contributed by atoms with E-state index in [1.807, 2.05) is 31.2 Å². The highest BCUT2D eigenvalue weighted by atomic mass is 16.7. The number of carbonyl (C=O) groups is 1. The molecule has 2 aliphatic rings. The normalized spacial score (nSPS) is 20.4. The van der Waals surface area contributed by atoms with Gasteiger partial charge in [0.2, 0.25) is 12.7 Å². The first-order valence-electron chi connectivity index (χ1n) is 8.70. The molecule has 1 saturated heterocycles. The average molecular weight is 338 g/mol. The molecule has 25 heavy (non-hydrogen) atoms. The van der Waals surface area contributed by atoms with Gasteiger partial charge < -0.3 is 14.8 Å². The van der Waals surface area contributed by atoms with E-state index in [0.717, 1.165) is 30.9 Å². The minimum absolute atomic E-state index is 0.00702. The minimum Gasteiger partial charge on any atom is -0.454 e. The Labute approximate surface area is 147 Å². The highest BCUT2D eigenvalue weighted by Crippen LogP contribution is 2.34. The van der Waals surface area contributed by atoms with Crippen molar-refractivity contribution in [2.75, 3.05) is 25.2 Å². The van der Waals surface area contributed by atoms with Gasteiger partial charge in [-0.3, -0.25) is 9.69 Å². The molecule has 0 saturated carbocycles. The average Bonchev–Trinajstić information content (AvgIpc) is 3.31. The molecule has 1 N–H and O–H groups in total. The Morgan fingerprint density at radius 3 is 2.80 bits per heavy atom. The second kappa shape index (κ2) is 6.76. The molecule has 0 aliphatic carbocycles. The monoisotopic (exact) mass is 338 g/mol. The Bertz CT molecular complexity index is 763. The van der Waals surface area contributed by atoms with E-state index in [1.54, 1.807) is 0 Å². The van der Waals surface area contributed by atoms with Gasteiger partial charge in [0.1, 0.15) is 0 Å². The van der Waals surface area contributed by atoms with Crippen LogP contribution < -0.4 is 14.8 Å². The second-order valence-corrected chi connectivity index (χ2v) is 6.62. The maximum Gasteiger partial charge on any atom is 0.241 e. The molecule has 0 radical (unpaired) electrons. The van der Waals surface area contributed by atoms with Gasteiger partial charge in [0, 0.05) is 18.3 Å². The zero-order valence-electron chi connectivity index (χ0n) is 14.3. The fraction of sp³-hybridized carbons (Fsp3) is 0.350. The van der Waals surface area contributed by atoms with Crippen LogP contribution in [0.15, 0.2) is 48.5 Å². The zero-order chi connectivity index (χ0) is 17.2. The third-order valence-electron chi connectivity index (χ3n) is 5.06. The number of likely N-dealkylation sites (tertiary alicyclic amines) is 1. The van der Waals surface area contributed by atoms with Crippen molar-refractivity contribution in [1.82, 2.24) is 4.90 Å². The van der Waals surface area contributed by atoms with Crippen LogP contribution in [0.1, 0.15) is 24.8 Å². The van der Waals surface area contributed by atoms with Gasteiger partial charge in [0.15, 0.2) is 11.5 Å². The van der Waals surface area contributed by atoms with Crippen molar-refractivity contribution < 1.29 is 14.3 Å². The quantitative estimate of drug-likeness (QED) is 0.930. The first kappa shape index (κ1) is 16.0. The van der Waals surface area contributed by atoms with E-state index in [1.165, 1.54) is 5.56 Å². The Hall–Kier alpha value is -2.53. The van der Waals surface area contributed by atoms with Crippen molar-refractivity contribution in [2.45, 2.75) is 25.3 Å². The molecule has 2 aromatic rings. The fourth-order valence-corrected chi connectivity index (χ4v) is 3.52. The Kier molecular flexibility index (Phi) is 4.32. The van der Waals surface area contributed by atoms with E-state index in [4.69, 9.17) is 9.47 Å². The van der Waals surface area contributed by atoms with Crippen LogP contribution in [0.3, 0.4) is 0 Å². The topological polar surface area (TPSA) is 50.8 Å². The van der Waals surface area contributed by atoms with E-state index in [0.29, 0.717) is 11.7 Å². The molecule has 5 nitrogen and oxygen atoms in total. The summed E-state index contributed by atoms with van der Waals surface area (Å²) < 4.78 is 10.7. The van der Waals surface area contributed by atoms with Gasteiger partial charge in [-0.05, 0) is 43.5 Å². The Morgan fingerprint density at radius 1 is 1.16 bits per heavy atom. The lowest BCUT2D eigenvalue weighted by molar-refractivity contribution is -0.120. The first-order chi connectivity index (χ1) is 12.2. The van der Waals surface area contributed by atoms with E-state index in [2.05, 4.69) is 34.5 Å². The Balaban J connectivity index is 1.38. The molecule has 1 amide bonds. The molecular weight excluding hydrogens is 316 g/mol. The summed E-state index contributed by atoms with van der Waals surface area (Å²) in [7, 11) is 0. The fourth-order valence-electron chi connectivity index (χ4n) is 3.52. The number of ether oxygens (including phenoxy) is 2. The van der Waals surface area contributed by atoms with E-state index in [-0.39, 0.29) is 18.7 Å². The number of carbonyl (C=O) groups excluding carboxylic acids is 1. The number of hydrogen-bond acceptors (Lipinski definition) is 4. The van der Waals surface area contributed by atoms with Crippen molar-refractivity contribution in [3.05, 3.63) is 54.1 Å². The molecule has 2 atom stereocenters. The summed E-state index contributed by atoms with van der Waals surface area (Å²) in [6.45, 7) is 4.06. The standard InChI is InChI=1S/C20H22N2O3/c1-14(22-10-9-16(12-22)15-5-3-2-4-6-15)20(23)21-17-7-8-18-19(11-17)25-13-24-18/h2-8,11,14,16H,9-10,12-13H2,1H3,(H,21,23). The number of nitrogens with zero attached hydrogens (tertiary/aromatic N) is 1. The van der Waals surface area contributed by atoms with Gasteiger partial charge in [-0.15, -0.1) is 0 Å². The molecular formula is C20H22N2O3. The summed E-state index contributed by atoms with van der Waals surface area (Å²) >= 11 is 0. The SMILES string of the molecule is CC(C(=O)Nc1ccc2c(c1)OCO2)N1CCC(c2ccccc2)C1. The van der Waals surface area contributed by atoms with E-state index >= 15 is 0 Å². The first-order valence-corrected chi connectivity index (χ1v) is 8.70. The molecule has 0 bridgehead atoms. The van der Waals surface area contributed by atoms with Crippen molar-refractivity contribution >= 4 is 11.6 Å². The molecule has 2 unspecified atom stereocenters. The summed E-state index contributed by atoms with van der Waals surface area (Å²) in [6.07, 6.45) is 1.09. The number of amides is 1. The van der Waals surface area contributed by atoms with Crippen LogP contribution in [-0.4, -0.2) is 36.7 Å². The molecule has 2 heterocycles. The molecule has 2 aromatic carbocycles. The third kappa shape index (κ3) is 3.33. The van der Waals surface area contributed by atoms with E-state index < -0.39 is 0 Å². The summed E-state index contributed by atoms with van der Waals surface area (Å²) in [5.41, 5.74) is 2.09. The predicted octanol–water partition coefficient (Wildman–Crippen LogP) is 3.23. The van der Waals surface area contributed by atoms with Crippen LogP contribution in [-0.2, 0) is 4.79 Å². The van der Waals surface area contributed by atoms with Gasteiger partial charge in [0.25, 0.3) is 0 Å². The zero-order valence-corrected chi connectivity index (χ0v) is 14.3. The molecule has 0 spiro atoms. The largest absolute Gasteiger partial charge is 0.454 e. The highest BCUT2D eigenvalue weighted by molar-refractivity contribution is 5.94. The lowest BCUT2D eigenvalue weighted by atomic mass is 9.99. The number of nitrogens with one attached hydrogen (secondary N) is 1. The number of hydrogen-bond donors (Lipinski definition) is 1. The van der Waals surface area contributed by atoms with Crippen LogP contribution in [0, 0.1) is 0 Å². The molecule has 130 valence electrons. The van der Waals surface area contributed by atoms with Crippen LogP contribution in [0.2, 0.25) is 0 Å². The summed E-state index contributed by atoms with van der Waals surface area (Å²) in [5.74, 6) is 1.90. The molecule has 5 heteroatoms. The predicted molar refractivity (Wildman–Crippen MR) is 96.0 cm³/mol. The number of anilines is 1. The molecule has 1 fully saturated rings. The van der Waals surface area contributed by atoms with Crippen LogP contribution in [0.4, 0.5) is 5.69 Å². The van der Waals surface area contributed by atoms with Crippen molar-refractivity contribution in [2.24, 2.45) is 0 Å². The second-order valence-electron chi connectivity index (χ2n) is 6.62. The maximum atomic E-state index is 12.6. The minimum atomic E-state index is -0.167. The summed E-state index contributed by atoms with van der Waals surface area (Å²) in [4.78, 5) is 14.9. The number of fused-ring (bicyclic) bond motifs is 1. The van der Waals surface area contributed by atoms with Gasteiger partial charge in [-0.1, -0.05) is 30.3 Å². The Morgan fingerprint density at radius 2 is 1.96 bits per heavy atom. The van der Waals surface area contributed by atoms with Crippen LogP contribution in [0.5, 0.6) is 11.5 Å². The van der Waals surface area contributed by atoms with Crippen molar-refractivity contribution in [3.63, 3.8) is 0 Å². The van der Waals surface area contributed by atoms with Crippen molar-refractivity contribution in [3.8, 4) is 11.5 Å². The van der Waals surface area contributed by atoms with Gasteiger partial charge >= 0.3 is 0 Å². The lowest BCUT2D eigenvalue weighted by Crippen LogP contribution is -2.40. The maximum absolute atomic E-state index is 12.6. The molecule has 0 aromatic heterocycles. The van der Waals surface area contributed by atoms with Crippen LogP contribution >= 0.6 is 0 Å². The summed E-state index contributed by atoms with van der Waals surface area (Å²) in [6, 6.07) is 15.8. The highest BCUT2D eigenvalue weighted by Gasteiger charge is 2.30. The van der Waals surface area contributed by atoms with Gasteiger partial charge in [-0.2, -0.15) is 0 Å². The summed E-state index contributed by atoms with van der Waals surface area (Å²) in [5, 5.41) is 2.99. The third-order valence-corrected chi connectivity index (χ3v) is 5.06. The molecule has 2 aliphatic heterocycles. The van der Waals surface area contributed by atoms with Crippen LogP contribution in [0.25, 0.3) is 0 Å². The lowest BCUT2D eigenvalue weighted by Gasteiger charge is -2.23. The number of rotatable bonds is 4. The van der Waals surface area contributed by atoms with E-state index in [9.17, 15) is 4.79 Å². The molecule has 4 rings (SSSR count). The smallest absolute Gasteiger partial charge is 0.241 e. The van der Waals surface area contributed by atoms with Gasteiger partial charge in [0.05, 0.1) is 6.04 Å². The van der Waals surface area contributed by atoms with Crippen molar-refractivity contribution in [1.29, 1.82) is 0 Å². The van der Waals surface area contributed by atoms with Gasteiger partial charge in [-0.25, -0.2) is 0 Å². The number of benzene rings is 2.